The van der Waals surface area contributed by atoms with Crippen LogP contribution < -0.4 is 11.5 Å². The van der Waals surface area contributed by atoms with E-state index in [0.717, 1.165) is 4.90 Å². The lowest BCUT2D eigenvalue weighted by Gasteiger charge is -2.42. The van der Waals surface area contributed by atoms with E-state index in [1.807, 2.05) is 6.92 Å². The van der Waals surface area contributed by atoms with E-state index in [0.29, 0.717) is 56.9 Å². The number of carboxylic acid groups (broad SMARTS) is 1. The molecule has 19 heteroatoms. The highest BCUT2D eigenvalue weighted by Gasteiger charge is 2.53. The van der Waals surface area contributed by atoms with Crippen molar-refractivity contribution >= 4 is 35.2 Å². The van der Waals surface area contributed by atoms with E-state index in [9.17, 15) is 44.1 Å². The number of piperidine rings is 1. The van der Waals surface area contributed by atoms with Crippen molar-refractivity contribution in [1.29, 1.82) is 0 Å². The average Bonchev–Trinajstić information content (AvgIpc) is 3.33. The second kappa shape index (κ2) is 28.4. The number of fused-ring (bicyclic) bond motifs is 3. The Morgan fingerprint density at radius 3 is 2.32 bits per heavy atom. The van der Waals surface area contributed by atoms with Gasteiger partial charge in [0.2, 0.25) is 5.79 Å². The summed E-state index contributed by atoms with van der Waals surface area (Å²) in [5, 5.41) is 43.2. The molecule has 0 aromatic rings. The first-order valence-electron chi connectivity index (χ1n) is 25.2. The maximum Gasteiger partial charge on any atom is 0.329 e. The minimum atomic E-state index is -2.53. The highest BCUT2D eigenvalue weighted by Crippen LogP contribution is 2.38. The molecule has 4 aliphatic rings. The number of methoxy groups -OCH3 is 2. The third-order valence-corrected chi connectivity index (χ3v) is 14.6. The number of carboxylic acids is 1. The molecule has 1 aliphatic carbocycles. The molecule has 1 saturated carbocycles. The summed E-state index contributed by atoms with van der Waals surface area (Å²) in [6.07, 6.45) is 7.78. The van der Waals surface area contributed by atoms with Gasteiger partial charge in [0.25, 0.3) is 11.7 Å². The van der Waals surface area contributed by atoms with Gasteiger partial charge in [-0.2, -0.15) is 0 Å². The van der Waals surface area contributed by atoms with Crippen LogP contribution in [0.3, 0.4) is 0 Å². The van der Waals surface area contributed by atoms with Crippen molar-refractivity contribution in [3.63, 3.8) is 0 Å². The van der Waals surface area contributed by atoms with Crippen LogP contribution in [-0.2, 0) is 57.2 Å². The molecule has 3 fully saturated rings. The topological polar surface area (TPSA) is 294 Å². The fraction of sp³-hybridized carbons (Fsp3) is 0.731. The number of carbonyl (C=O) groups excluding carboxylic acids is 5. The molecular weight excluding hydrogens is 923 g/mol. The number of aliphatic carboxylic acids is 1. The molecular formula is C52H81N3O16. The van der Waals surface area contributed by atoms with Crippen molar-refractivity contribution in [1.82, 2.24) is 4.90 Å². The number of hydrogen-bond donors (Lipinski definition) is 6. The zero-order valence-corrected chi connectivity index (χ0v) is 42.7. The summed E-state index contributed by atoms with van der Waals surface area (Å²) in [4.78, 5) is 82.5. The van der Waals surface area contributed by atoms with Crippen LogP contribution in [0, 0.1) is 23.7 Å². The van der Waals surface area contributed by atoms with Crippen LogP contribution >= 0.6 is 0 Å². The van der Waals surface area contributed by atoms with Crippen molar-refractivity contribution in [2.45, 2.75) is 178 Å². The summed E-state index contributed by atoms with van der Waals surface area (Å²) in [5.74, 6) is -9.56. The van der Waals surface area contributed by atoms with E-state index in [4.69, 9.17) is 45.0 Å². The minimum absolute atomic E-state index is 0.0190. The molecule has 19 nitrogen and oxygen atoms in total. The molecule has 0 unspecified atom stereocenters. The Balaban J connectivity index is 1.65. The fourth-order valence-electron chi connectivity index (χ4n) is 10.1. The highest BCUT2D eigenvalue weighted by molar-refractivity contribution is 6.39. The highest BCUT2D eigenvalue weighted by atomic mass is 16.6. The molecule has 2 saturated heterocycles. The van der Waals surface area contributed by atoms with Gasteiger partial charge in [0, 0.05) is 51.5 Å². The Bertz CT molecular complexity index is 1940. The number of aliphatic hydroxyl groups excluding tert-OH is 2. The van der Waals surface area contributed by atoms with Crippen LogP contribution in [-0.4, -0.2) is 168 Å². The molecule has 0 aromatic carbocycles. The lowest BCUT2D eigenvalue weighted by Crippen LogP contribution is -2.61. The van der Waals surface area contributed by atoms with Gasteiger partial charge in [0.1, 0.15) is 31.0 Å². The quantitative estimate of drug-likeness (QED) is 0.0750. The van der Waals surface area contributed by atoms with E-state index in [2.05, 4.69) is 0 Å². The lowest BCUT2D eigenvalue weighted by molar-refractivity contribution is -0.265. The average molecular weight is 1000 g/mol. The molecule has 2 bridgehead atoms. The number of esters is 1. The molecule has 1 amide bonds. The molecule has 71 heavy (non-hydrogen) atoms. The number of allylic oxidation sites excluding steroid dienone is 4. The van der Waals surface area contributed by atoms with Gasteiger partial charge in [0.05, 0.1) is 43.7 Å². The van der Waals surface area contributed by atoms with Crippen LogP contribution in [0.4, 0.5) is 0 Å². The molecule has 15 atom stereocenters. The van der Waals surface area contributed by atoms with Gasteiger partial charge in [-0.05, 0) is 101 Å². The number of Topliss-reactive ketones (excluding diaryl/α,β-unsaturated/α-hetero) is 3. The van der Waals surface area contributed by atoms with Gasteiger partial charge in [-0.15, -0.1) is 0 Å². The Morgan fingerprint density at radius 2 is 1.63 bits per heavy atom. The third kappa shape index (κ3) is 17.0. The van der Waals surface area contributed by atoms with Crippen LogP contribution in [0.5, 0.6) is 0 Å². The third-order valence-electron chi connectivity index (χ3n) is 14.6. The number of hydrogen-bond acceptors (Lipinski definition) is 17. The summed E-state index contributed by atoms with van der Waals surface area (Å²) >= 11 is 0. The van der Waals surface area contributed by atoms with Gasteiger partial charge in [0.15, 0.2) is 11.6 Å². The summed E-state index contributed by atoms with van der Waals surface area (Å²) in [7, 11) is 2.87. The SMILES string of the molecule is CO[C@@H]1C[C@@H](C[C@H](C)[C@@H]2CC(=O)[C@H](N)/C=C(\C)[C@@H](O)[C@@H](OC)C(=O)[C@H](C)C[C@H](N)/C=C/C=C/C=C(\C)[C@@H](O)C[C@@H]3CC[C@@H](C)[C@@](O)(O3)C(=O)C(=O)N3CCCC[C@H]3C(=O)O2)CC[C@H]1OCCOCC(=O)O. The molecule has 0 aromatic heterocycles. The molecule has 0 spiro atoms. The Hall–Kier alpha value is -4.02. The van der Waals surface area contributed by atoms with Crippen LogP contribution in [0.15, 0.2) is 47.6 Å². The number of aliphatic hydroxyl groups is 3. The summed E-state index contributed by atoms with van der Waals surface area (Å²) in [5.41, 5.74) is 13.6. The van der Waals surface area contributed by atoms with Gasteiger partial charge < -0.3 is 65.2 Å². The van der Waals surface area contributed by atoms with Crippen molar-refractivity contribution in [3.8, 4) is 0 Å². The smallest absolute Gasteiger partial charge is 0.329 e. The minimum Gasteiger partial charge on any atom is -0.480 e. The van der Waals surface area contributed by atoms with Crippen molar-refractivity contribution in [2.24, 2.45) is 35.1 Å². The standard InChI is InChI=1S/C52H81N3O16/c1-30-13-9-8-10-14-36(53)24-32(3)46(60)48(67-7)47(61)33(4)25-38(54)41(57)28-43(31(2)23-35-17-19-42(44(26-35)66-6)69-22-21-68-29-45(58)59)70-51(64)39-15-11-12-20-55(39)50(63)49(62)52(65)34(5)16-18-37(71-52)27-40(30)56/h8-10,13-14,25,31-32,34-40,42-44,47-48,56,61,65H,11-12,15-24,26-29,53-54H2,1-7H3,(H,58,59)/b9-8+,14-10+,30-13+,33-25+/t31-,32+,34+,35+,36+,37-,38+,39-,40-,42+,43-,44+,47+,48-,52+/m0/s1. The van der Waals surface area contributed by atoms with E-state index in [1.165, 1.54) is 20.1 Å². The Kier molecular flexibility index (Phi) is 23.8. The lowest BCUT2D eigenvalue weighted by atomic mass is 9.78. The van der Waals surface area contributed by atoms with Crippen LogP contribution in [0.25, 0.3) is 0 Å². The predicted octanol–water partition coefficient (Wildman–Crippen LogP) is 3.03. The van der Waals surface area contributed by atoms with Gasteiger partial charge in [-0.1, -0.05) is 57.2 Å². The number of amides is 1. The zero-order chi connectivity index (χ0) is 52.6. The number of ketones is 3. The molecule has 0 radical (unpaired) electrons. The number of cyclic esters (lactones) is 1. The predicted molar refractivity (Wildman–Crippen MR) is 260 cm³/mol. The molecule has 3 heterocycles. The maximum absolute atomic E-state index is 14.4. The first-order chi connectivity index (χ1) is 33.6. The van der Waals surface area contributed by atoms with Crippen molar-refractivity contribution < 1.29 is 77.6 Å². The summed E-state index contributed by atoms with van der Waals surface area (Å²) in [6.45, 7) is 8.24. The van der Waals surface area contributed by atoms with E-state index >= 15 is 0 Å². The molecule has 8 N–H and O–H groups in total. The molecule has 4 rings (SSSR count). The molecule has 400 valence electrons. The number of nitrogens with two attached hydrogens (primary N) is 2. The summed E-state index contributed by atoms with van der Waals surface area (Å²) < 4.78 is 34.6. The van der Waals surface area contributed by atoms with Crippen LogP contribution in [0.2, 0.25) is 0 Å². The second-order valence-corrected chi connectivity index (χ2v) is 20.1. The Morgan fingerprint density at radius 1 is 0.901 bits per heavy atom. The number of nitrogens with zero attached hydrogens (tertiary/aromatic N) is 1. The second-order valence-electron chi connectivity index (χ2n) is 20.1. The van der Waals surface area contributed by atoms with Gasteiger partial charge in [-0.3, -0.25) is 19.2 Å². The first kappa shape index (κ1) is 59.5. The maximum atomic E-state index is 14.4. The monoisotopic (exact) mass is 1000 g/mol. The normalized spacial score (nSPS) is 37.9. The van der Waals surface area contributed by atoms with Crippen LogP contribution in [0.1, 0.15) is 112 Å². The van der Waals surface area contributed by atoms with Gasteiger partial charge in [-0.25, -0.2) is 9.59 Å². The molecule has 3 aliphatic heterocycles. The van der Waals surface area contributed by atoms with E-state index < -0.39 is 114 Å². The van der Waals surface area contributed by atoms with E-state index in [-0.39, 0.29) is 69.1 Å². The summed E-state index contributed by atoms with van der Waals surface area (Å²) in [6, 6.07) is -3.07. The number of ether oxygens (including phenoxy) is 6. The van der Waals surface area contributed by atoms with Gasteiger partial charge >= 0.3 is 11.9 Å². The first-order valence-corrected chi connectivity index (χ1v) is 25.2. The van der Waals surface area contributed by atoms with E-state index in [1.54, 1.807) is 58.3 Å². The zero-order valence-electron chi connectivity index (χ0n) is 42.7. The van der Waals surface area contributed by atoms with Crippen molar-refractivity contribution in [3.05, 3.63) is 47.6 Å². The number of rotatable bonds is 11. The number of carbonyl (C=O) groups is 6. The fourth-order valence-corrected chi connectivity index (χ4v) is 10.1. The van der Waals surface area contributed by atoms with Crippen molar-refractivity contribution in [2.75, 3.05) is 40.6 Å². The largest absolute Gasteiger partial charge is 0.480 e. The Labute approximate surface area is 418 Å².